The standard InChI is InChI=1S/C19H20N4O2/c1-25-15-7-5-14(6-8-15)12-22-11-9-16-17(13-22)21-23(19(16)24)18-4-2-3-10-20-18/h2-8,10,21H,9,11-13H2,1H3. The zero-order chi connectivity index (χ0) is 17.2. The lowest BCUT2D eigenvalue weighted by Crippen LogP contribution is -2.31. The molecule has 1 aliphatic heterocycles. The second-order valence-electron chi connectivity index (χ2n) is 6.21. The number of nitrogens with one attached hydrogen (secondary N) is 1. The van der Waals surface area contributed by atoms with Crippen LogP contribution < -0.4 is 10.3 Å². The largest absolute Gasteiger partial charge is 0.497 e. The molecule has 0 unspecified atom stereocenters. The molecule has 6 heteroatoms. The Hall–Kier alpha value is -2.86. The summed E-state index contributed by atoms with van der Waals surface area (Å²) >= 11 is 0. The fourth-order valence-corrected chi connectivity index (χ4v) is 3.25. The second kappa shape index (κ2) is 6.57. The van der Waals surface area contributed by atoms with E-state index in [-0.39, 0.29) is 5.56 Å². The first-order valence-electron chi connectivity index (χ1n) is 8.34. The number of H-pyrrole nitrogens is 1. The fraction of sp³-hybridized carbons (Fsp3) is 0.263. The van der Waals surface area contributed by atoms with E-state index in [1.165, 1.54) is 5.56 Å². The predicted molar refractivity (Wildman–Crippen MR) is 95.0 cm³/mol. The number of ether oxygens (including phenoxy) is 1. The average Bonchev–Trinajstić information content (AvgIpc) is 2.99. The van der Waals surface area contributed by atoms with Gasteiger partial charge in [0.1, 0.15) is 5.75 Å². The van der Waals surface area contributed by atoms with Crippen LogP contribution in [0.5, 0.6) is 5.75 Å². The fourth-order valence-electron chi connectivity index (χ4n) is 3.25. The minimum atomic E-state index is 0.0118. The average molecular weight is 336 g/mol. The van der Waals surface area contributed by atoms with E-state index in [0.29, 0.717) is 5.82 Å². The van der Waals surface area contributed by atoms with E-state index in [9.17, 15) is 4.79 Å². The van der Waals surface area contributed by atoms with E-state index >= 15 is 0 Å². The van der Waals surface area contributed by atoms with E-state index in [1.54, 1.807) is 18.0 Å². The van der Waals surface area contributed by atoms with Gasteiger partial charge in [-0.2, -0.15) is 0 Å². The van der Waals surface area contributed by atoms with Crippen molar-refractivity contribution in [3.63, 3.8) is 0 Å². The van der Waals surface area contributed by atoms with Gasteiger partial charge in [0.25, 0.3) is 5.56 Å². The second-order valence-corrected chi connectivity index (χ2v) is 6.21. The van der Waals surface area contributed by atoms with E-state index in [1.807, 2.05) is 30.3 Å². The Morgan fingerprint density at radius 3 is 2.76 bits per heavy atom. The summed E-state index contributed by atoms with van der Waals surface area (Å²) in [5, 5.41) is 3.23. The van der Waals surface area contributed by atoms with Crippen LogP contribution in [0.3, 0.4) is 0 Å². The normalized spacial score (nSPS) is 14.3. The molecule has 25 heavy (non-hydrogen) atoms. The maximum atomic E-state index is 12.6. The Morgan fingerprint density at radius 2 is 2.04 bits per heavy atom. The number of aromatic nitrogens is 3. The van der Waals surface area contributed by atoms with Gasteiger partial charge in [0.15, 0.2) is 5.82 Å². The Balaban J connectivity index is 1.54. The van der Waals surface area contributed by atoms with Crippen molar-refractivity contribution in [1.82, 2.24) is 19.7 Å². The summed E-state index contributed by atoms with van der Waals surface area (Å²) in [6, 6.07) is 13.7. The van der Waals surface area contributed by atoms with E-state index in [2.05, 4.69) is 27.1 Å². The molecule has 0 radical (unpaired) electrons. The van der Waals surface area contributed by atoms with Crippen LogP contribution in [0.4, 0.5) is 0 Å². The molecule has 0 aliphatic carbocycles. The molecule has 0 saturated carbocycles. The van der Waals surface area contributed by atoms with Gasteiger partial charge in [-0.25, -0.2) is 9.67 Å². The molecular weight excluding hydrogens is 316 g/mol. The minimum Gasteiger partial charge on any atom is -0.497 e. The lowest BCUT2D eigenvalue weighted by molar-refractivity contribution is 0.242. The third kappa shape index (κ3) is 3.08. The molecule has 1 N–H and O–H groups in total. The SMILES string of the molecule is COc1ccc(CN2CCc3c([nH]n(-c4ccccn4)c3=O)C2)cc1. The molecule has 2 aromatic heterocycles. The number of nitrogens with zero attached hydrogens (tertiary/aromatic N) is 3. The first kappa shape index (κ1) is 15.7. The summed E-state index contributed by atoms with van der Waals surface area (Å²) in [4.78, 5) is 19.2. The lowest BCUT2D eigenvalue weighted by atomic mass is 10.1. The Morgan fingerprint density at radius 1 is 1.20 bits per heavy atom. The lowest BCUT2D eigenvalue weighted by Gasteiger charge is -2.25. The summed E-state index contributed by atoms with van der Waals surface area (Å²) in [5.74, 6) is 1.49. The van der Waals surface area contributed by atoms with Crippen LogP contribution in [0.15, 0.2) is 53.5 Å². The molecule has 4 rings (SSSR count). The summed E-state index contributed by atoms with van der Waals surface area (Å²) < 4.78 is 6.74. The van der Waals surface area contributed by atoms with Crippen LogP contribution in [0, 0.1) is 0 Å². The summed E-state index contributed by atoms with van der Waals surface area (Å²) in [6.45, 7) is 2.45. The molecule has 1 aliphatic rings. The molecule has 0 amide bonds. The molecule has 1 aromatic carbocycles. The van der Waals surface area contributed by atoms with Crippen molar-refractivity contribution in [2.24, 2.45) is 0 Å². The van der Waals surface area contributed by atoms with Crippen molar-refractivity contribution in [2.45, 2.75) is 19.5 Å². The van der Waals surface area contributed by atoms with Crippen LogP contribution in [0.25, 0.3) is 5.82 Å². The highest BCUT2D eigenvalue weighted by molar-refractivity contribution is 5.29. The van der Waals surface area contributed by atoms with Gasteiger partial charge in [0.05, 0.1) is 12.8 Å². The van der Waals surface area contributed by atoms with E-state index in [4.69, 9.17) is 4.74 Å². The van der Waals surface area contributed by atoms with Crippen LogP contribution in [-0.2, 0) is 19.5 Å². The molecular formula is C19H20N4O2. The van der Waals surface area contributed by atoms with Crippen molar-refractivity contribution in [1.29, 1.82) is 0 Å². The molecule has 3 aromatic rings. The Bertz CT molecular complexity index is 913. The topological polar surface area (TPSA) is 63.1 Å². The van der Waals surface area contributed by atoms with Crippen molar-refractivity contribution in [3.05, 3.63) is 75.8 Å². The maximum Gasteiger partial charge on any atom is 0.276 e. The highest BCUT2D eigenvalue weighted by Crippen LogP contribution is 2.19. The van der Waals surface area contributed by atoms with Gasteiger partial charge in [-0.15, -0.1) is 0 Å². The Labute approximate surface area is 145 Å². The molecule has 0 bridgehead atoms. The zero-order valence-electron chi connectivity index (χ0n) is 14.1. The summed E-state index contributed by atoms with van der Waals surface area (Å²) in [6.07, 6.45) is 2.44. The maximum absolute atomic E-state index is 12.6. The monoisotopic (exact) mass is 336 g/mol. The van der Waals surface area contributed by atoms with Crippen LogP contribution in [0.2, 0.25) is 0 Å². The number of pyridine rings is 1. The van der Waals surface area contributed by atoms with Crippen molar-refractivity contribution in [2.75, 3.05) is 13.7 Å². The number of methoxy groups -OCH3 is 1. The van der Waals surface area contributed by atoms with E-state index < -0.39 is 0 Å². The van der Waals surface area contributed by atoms with Crippen molar-refractivity contribution < 1.29 is 4.74 Å². The third-order valence-electron chi connectivity index (χ3n) is 4.58. The summed E-state index contributed by atoms with van der Waals surface area (Å²) in [7, 11) is 1.67. The molecule has 0 spiro atoms. The summed E-state index contributed by atoms with van der Waals surface area (Å²) in [5.41, 5.74) is 3.10. The first-order valence-corrected chi connectivity index (χ1v) is 8.34. The molecule has 3 heterocycles. The molecule has 128 valence electrons. The van der Waals surface area contributed by atoms with Gasteiger partial charge < -0.3 is 4.74 Å². The highest BCUT2D eigenvalue weighted by atomic mass is 16.5. The van der Waals surface area contributed by atoms with Gasteiger partial charge in [-0.1, -0.05) is 18.2 Å². The predicted octanol–water partition coefficient (Wildman–Crippen LogP) is 2.13. The van der Waals surface area contributed by atoms with Crippen LogP contribution >= 0.6 is 0 Å². The smallest absolute Gasteiger partial charge is 0.276 e. The van der Waals surface area contributed by atoms with Gasteiger partial charge in [0.2, 0.25) is 0 Å². The minimum absolute atomic E-state index is 0.0118. The number of benzene rings is 1. The number of hydrogen-bond acceptors (Lipinski definition) is 4. The van der Waals surface area contributed by atoms with Crippen molar-refractivity contribution in [3.8, 4) is 11.6 Å². The Kier molecular flexibility index (Phi) is 4.11. The molecule has 0 atom stereocenters. The highest BCUT2D eigenvalue weighted by Gasteiger charge is 2.23. The zero-order valence-corrected chi connectivity index (χ0v) is 14.1. The van der Waals surface area contributed by atoms with Gasteiger partial charge in [-0.3, -0.25) is 14.8 Å². The quantitative estimate of drug-likeness (QED) is 0.793. The number of hydrogen-bond donors (Lipinski definition) is 1. The number of rotatable bonds is 4. The van der Waals surface area contributed by atoms with Gasteiger partial charge in [0, 0.05) is 31.4 Å². The van der Waals surface area contributed by atoms with Crippen molar-refractivity contribution >= 4 is 0 Å². The van der Waals surface area contributed by atoms with E-state index in [0.717, 1.165) is 43.1 Å². The number of fused-ring (bicyclic) bond motifs is 1. The van der Waals surface area contributed by atoms with Crippen LogP contribution in [0.1, 0.15) is 16.8 Å². The van der Waals surface area contributed by atoms with Gasteiger partial charge in [-0.05, 0) is 36.2 Å². The molecule has 0 saturated heterocycles. The molecule has 0 fully saturated rings. The van der Waals surface area contributed by atoms with Crippen LogP contribution in [-0.4, -0.2) is 33.3 Å². The number of aromatic amines is 1. The third-order valence-corrected chi connectivity index (χ3v) is 4.58. The van der Waals surface area contributed by atoms with Gasteiger partial charge >= 0.3 is 0 Å². The molecule has 6 nitrogen and oxygen atoms in total. The first-order chi connectivity index (χ1) is 12.2.